The lowest BCUT2D eigenvalue weighted by atomic mass is 10.2. The predicted octanol–water partition coefficient (Wildman–Crippen LogP) is 3.78. The molecule has 1 aliphatic rings. The van der Waals surface area contributed by atoms with E-state index in [1.807, 2.05) is 13.8 Å². The van der Waals surface area contributed by atoms with Gasteiger partial charge in [-0.05, 0) is 19.8 Å². The molecule has 0 aliphatic heterocycles. The molecule has 0 atom stereocenters. The highest BCUT2D eigenvalue weighted by Crippen LogP contribution is 2.22. The van der Waals surface area contributed by atoms with Crippen molar-refractivity contribution < 1.29 is 0 Å². The predicted molar refractivity (Wildman–Crippen MR) is 48.1 cm³/mol. The number of hydrogen-bond acceptors (Lipinski definition) is 0. The third-order valence-electron chi connectivity index (χ3n) is 1.64. The van der Waals surface area contributed by atoms with Crippen LogP contribution in [0.15, 0.2) is 12.2 Å². The van der Waals surface area contributed by atoms with E-state index in [1.54, 1.807) is 0 Å². The Morgan fingerprint density at radius 2 is 1.50 bits per heavy atom. The van der Waals surface area contributed by atoms with E-state index in [-0.39, 0.29) is 0 Å². The molecule has 0 saturated heterocycles. The van der Waals surface area contributed by atoms with Crippen molar-refractivity contribution in [3.05, 3.63) is 12.2 Å². The van der Waals surface area contributed by atoms with Gasteiger partial charge in [-0.3, -0.25) is 0 Å². The fourth-order valence-electron chi connectivity index (χ4n) is 1.13. The van der Waals surface area contributed by atoms with Gasteiger partial charge in [0.15, 0.2) is 0 Å². The second-order valence-electron chi connectivity index (χ2n) is 3.60. The molecule has 0 spiro atoms. The van der Waals surface area contributed by atoms with Crippen molar-refractivity contribution in [3.8, 4) is 0 Å². The van der Waals surface area contributed by atoms with Crippen molar-refractivity contribution in [2.45, 2.75) is 46.5 Å². The monoisotopic (exact) mass is 140 g/mol. The van der Waals surface area contributed by atoms with Gasteiger partial charge in [0, 0.05) is 0 Å². The Bertz CT molecular complexity index is 82.2. The molecule has 0 radical (unpaired) electrons. The van der Waals surface area contributed by atoms with Gasteiger partial charge in [0.2, 0.25) is 0 Å². The van der Waals surface area contributed by atoms with Crippen molar-refractivity contribution in [2.24, 2.45) is 5.92 Å². The zero-order valence-corrected chi connectivity index (χ0v) is 7.61. The lowest BCUT2D eigenvalue weighted by molar-refractivity contribution is 0.612. The molecule has 1 aliphatic carbocycles. The summed E-state index contributed by atoms with van der Waals surface area (Å²) in [5.41, 5.74) is 1.17. The minimum atomic E-state index is 1.05. The highest BCUT2D eigenvalue weighted by atomic mass is 14.1. The lowest BCUT2D eigenvalue weighted by Crippen LogP contribution is -1.78. The van der Waals surface area contributed by atoms with Crippen molar-refractivity contribution >= 4 is 0 Å². The Kier molecular flexibility index (Phi) is 5.38. The zero-order chi connectivity index (χ0) is 7.98. The fraction of sp³-hybridized carbons (Fsp3) is 0.800. The molecule has 60 valence electrons. The Labute approximate surface area is 65.3 Å². The minimum absolute atomic E-state index is 1.05. The Morgan fingerprint density at radius 3 is 1.60 bits per heavy atom. The van der Waals surface area contributed by atoms with Gasteiger partial charge in [0.25, 0.3) is 0 Å². The summed E-state index contributed by atoms with van der Waals surface area (Å²) in [4.78, 5) is 0. The average Bonchev–Trinajstić information content (AvgIpc) is 2.15. The van der Waals surface area contributed by atoms with E-state index >= 15 is 0 Å². The minimum Gasteiger partial charge on any atom is -0.100 e. The van der Waals surface area contributed by atoms with Gasteiger partial charge in [0.1, 0.15) is 0 Å². The summed E-state index contributed by atoms with van der Waals surface area (Å²) in [6.45, 7) is 9.84. The van der Waals surface area contributed by atoms with Crippen molar-refractivity contribution in [3.63, 3.8) is 0 Å². The molecule has 0 aromatic carbocycles. The topological polar surface area (TPSA) is 0 Å². The van der Waals surface area contributed by atoms with Crippen LogP contribution < -0.4 is 0 Å². The van der Waals surface area contributed by atoms with Crippen LogP contribution in [0.2, 0.25) is 0 Å². The second kappa shape index (κ2) is 5.52. The standard InChI is InChI=1S/C6H12.C4H8/c1-6-4-2-3-5-6;1-4(2)3/h6H,2-5H2,1H3;1H2,2-3H3. The van der Waals surface area contributed by atoms with Crippen LogP contribution in [0.3, 0.4) is 0 Å². The maximum absolute atomic E-state index is 3.56. The van der Waals surface area contributed by atoms with Gasteiger partial charge in [-0.15, -0.1) is 6.58 Å². The molecule has 0 nitrogen and oxygen atoms in total. The van der Waals surface area contributed by atoms with Crippen LogP contribution in [0.5, 0.6) is 0 Å². The van der Waals surface area contributed by atoms with Gasteiger partial charge in [-0.1, -0.05) is 38.2 Å². The summed E-state index contributed by atoms with van der Waals surface area (Å²) in [7, 11) is 0. The lowest BCUT2D eigenvalue weighted by Gasteiger charge is -1.91. The third-order valence-corrected chi connectivity index (χ3v) is 1.64. The Balaban J connectivity index is 0.000000180. The summed E-state index contributed by atoms with van der Waals surface area (Å²) in [5.74, 6) is 1.05. The molecule has 0 amide bonds. The molecule has 1 saturated carbocycles. The molecule has 0 unspecified atom stereocenters. The molecule has 0 heterocycles. The highest BCUT2D eigenvalue weighted by Gasteiger charge is 2.07. The van der Waals surface area contributed by atoms with E-state index in [0.717, 1.165) is 5.92 Å². The maximum atomic E-state index is 3.56. The van der Waals surface area contributed by atoms with Crippen molar-refractivity contribution in [1.29, 1.82) is 0 Å². The van der Waals surface area contributed by atoms with Crippen LogP contribution in [0.4, 0.5) is 0 Å². The Hall–Kier alpha value is -0.260. The van der Waals surface area contributed by atoms with Gasteiger partial charge < -0.3 is 0 Å². The van der Waals surface area contributed by atoms with Gasteiger partial charge >= 0.3 is 0 Å². The first-order valence-electron chi connectivity index (χ1n) is 4.25. The molecule has 0 aromatic heterocycles. The van der Waals surface area contributed by atoms with Crippen LogP contribution in [-0.4, -0.2) is 0 Å². The van der Waals surface area contributed by atoms with Crippen LogP contribution in [0.1, 0.15) is 46.5 Å². The summed E-state index contributed by atoms with van der Waals surface area (Å²) in [6.07, 6.45) is 5.95. The van der Waals surface area contributed by atoms with Gasteiger partial charge in [-0.2, -0.15) is 0 Å². The van der Waals surface area contributed by atoms with Gasteiger partial charge in [-0.25, -0.2) is 0 Å². The van der Waals surface area contributed by atoms with Crippen LogP contribution in [0, 0.1) is 5.92 Å². The normalized spacial score (nSPS) is 17.9. The summed E-state index contributed by atoms with van der Waals surface area (Å²) in [5, 5.41) is 0. The molecule has 0 aromatic rings. The van der Waals surface area contributed by atoms with E-state index in [1.165, 1.54) is 31.3 Å². The van der Waals surface area contributed by atoms with Crippen molar-refractivity contribution in [2.75, 3.05) is 0 Å². The molecule has 0 heteroatoms. The summed E-state index contributed by atoms with van der Waals surface area (Å²) >= 11 is 0. The highest BCUT2D eigenvalue weighted by molar-refractivity contribution is 4.78. The number of allylic oxidation sites excluding steroid dienone is 1. The van der Waals surface area contributed by atoms with Gasteiger partial charge in [0.05, 0.1) is 0 Å². The quantitative estimate of drug-likeness (QED) is 0.449. The maximum Gasteiger partial charge on any atom is -0.0443 e. The number of rotatable bonds is 0. The Morgan fingerprint density at radius 1 is 1.20 bits per heavy atom. The molecular weight excluding hydrogens is 120 g/mol. The van der Waals surface area contributed by atoms with E-state index < -0.39 is 0 Å². The van der Waals surface area contributed by atoms with Crippen LogP contribution in [0.25, 0.3) is 0 Å². The van der Waals surface area contributed by atoms with E-state index in [2.05, 4.69) is 13.5 Å². The summed E-state index contributed by atoms with van der Waals surface area (Å²) < 4.78 is 0. The average molecular weight is 140 g/mol. The molecule has 0 N–H and O–H groups in total. The first-order chi connectivity index (χ1) is 4.63. The fourth-order valence-corrected chi connectivity index (χ4v) is 1.13. The molecule has 1 rings (SSSR count). The van der Waals surface area contributed by atoms with Crippen LogP contribution in [-0.2, 0) is 0 Å². The zero-order valence-electron chi connectivity index (χ0n) is 7.61. The molecular formula is C10H20. The molecule has 10 heavy (non-hydrogen) atoms. The third kappa shape index (κ3) is 7.74. The largest absolute Gasteiger partial charge is 0.100 e. The summed E-state index contributed by atoms with van der Waals surface area (Å²) in [6, 6.07) is 0. The van der Waals surface area contributed by atoms with Crippen LogP contribution >= 0.6 is 0 Å². The van der Waals surface area contributed by atoms with Crippen molar-refractivity contribution in [1.82, 2.24) is 0 Å². The molecule has 1 fully saturated rings. The first kappa shape index (κ1) is 9.74. The molecule has 0 bridgehead atoms. The number of hydrogen-bond donors (Lipinski definition) is 0. The second-order valence-corrected chi connectivity index (χ2v) is 3.60. The smallest absolute Gasteiger partial charge is 0.0443 e. The van der Waals surface area contributed by atoms with E-state index in [9.17, 15) is 0 Å². The first-order valence-corrected chi connectivity index (χ1v) is 4.25. The SMILES string of the molecule is C=C(C)C.CC1CCCC1. The van der Waals surface area contributed by atoms with E-state index in [4.69, 9.17) is 0 Å². The van der Waals surface area contributed by atoms with E-state index in [0.29, 0.717) is 0 Å².